The number of nitrogens with zero attached hydrogens (tertiary/aromatic N) is 2. The lowest BCUT2D eigenvalue weighted by molar-refractivity contribution is 0.145. The van der Waals surface area contributed by atoms with Crippen LogP contribution in [0.15, 0.2) is 18.2 Å². The molecule has 2 aliphatic rings. The SMILES string of the molecule is N#Cc1cc(NC2CCSCC2)ccc1N1CCC(O)CC1. The summed E-state index contributed by atoms with van der Waals surface area (Å²) in [6.07, 6.45) is 3.76. The molecule has 4 nitrogen and oxygen atoms in total. The molecular formula is C17H23N3OS. The summed E-state index contributed by atoms with van der Waals surface area (Å²) in [6.45, 7) is 1.64. The summed E-state index contributed by atoms with van der Waals surface area (Å²) in [4.78, 5) is 2.21. The van der Waals surface area contributed by atoms with Gasteiger partial charge in [0.25, 0.3) is 0 Å². The van der Waals surface area contributed by atoms with Crippen LogP contribution in [0.25, 0.3) is 0 Å². The normalized spacial score (nSPS) is 20.6. The summed E-state index contributed by atoms with van der Waals surface area (Å²) < 4.78 is 0. The molecule has 1 aromatic rings. The maximum absolute atomic E-state index is 9.62. The first-order valence-electron chi connectivity index (χ1n) is 8.07. The topological polar surface area (TPSA) is 59.3 Å². The molecule has 0 atom stereocenters. The van der Waals surface area contributed by atoms with Crippen molar-refractivity contribution in [3.8, 4) is 6.07 Å². The molecule has 2 saturated heterocycles. The van der Waals surface area contributed by atoms with Gasteiger partial charge in [0.1, 0.15) is 6.07 Å². The lowest BCUT2D eigenvalue weighted by Gasteiger charge is -2.32. The first kappa shape index (κ1) is 15.5. The summed E-state index contributed by atoms with van der Waals surface area (Å²) >= 11 is 2.02. The number of benzene rings is 1. The van der Waals surface area contributed by atoms with Crippen molar-refractivity contribution in [1.29, 1.82) is 5.26 Å². The lowest BCUT2D eigenvalue weighted by Crippen LogP contribution is -2.36. The minimum atomic E-state index is -0.188. The molecule has 22 heavy (non-hydrogen) atoms. The van der Waals surface area contributed by atoms with Crippen molar-refractivity contribution in [3.63, 3.8) is 0 Å². The molecule has 0 radical (unpaired) electrons. The number of thioether (sulfide) groups is 1. The standard InChI is InChI=1S/C17H23N3OS/c18-12-13-11-15(19-14-5-9-22-10-6-14)1-2-17(13)20-7-3-16(21)4-8-20/h1-2,11,14,16,19,21H,3-10H2. The van der Waals surface area contributed by atoms with Crippen LogP contribution in [0, 0.1) is 11.3 Å². The number of nitrogens with one attached hydrogen (secondary N) is 1. The van der Waals surface area contributed by atoms with Crippen LogP contribution in [0.5, 0.6) is 0 Å². The summed E-state index contributed by atoms with van der Waals surface area (Å²) in [6, 6.07) is 8.98. The van der Waals surface area contributed by atoms with Gasteiger partial charge < -0.3 is 15.3 Å². The Bertz CT molecular complexity index is 543. The molecule has 2 aliphatic heterocycles. The van der Waals surface area contributed by atoms with E-state index in [1.54, 1.807) is 0 Å². The van der Waals surface area contributed by atoms with Gasteiger partial charge in [-0.25, -0.2) is 0 Å². The molecular weight excluding hydrogens is 294 g/mol. The number of nitriles is 1. The highest BCUT2D eigenvalue weighted by atomic mass is 32.2. The summed E-state index contributed by atoms with van der Waals surface area (Å²) in [5.41, 5.74) is 2.78. The van der Waals surface area contributed by atoms with Gasteiger partial charge in [-0.2, -0.15) is 17.0 Å². The Morgan fingerprint density at radius 3 is 2.59 bits per heavy atom. The first-order valence-corrected chi connectivity index (χ1v) is 9.23. The molecule has 0 spiro atoms. The fourth-order valence-electron chi connectivity index (χ4n) is 3.18. The van der Waals surface area contributed by atoms with Crippen molar-refractivity contribution in [1.82, 2.24) is 0 Å². The molecule has 2 fully saturated rings. The predicted octanol–water partition coefficient (Wildman–Crippen LogP) is 2.83. The minimum Gasteiger partial charge on any atom is -0.393 e. The van der Waals surface area contributed by atoms with Gasteiger partial charge in [-0.3, -0.25) is 0 Å². The average Bonchev–Trinajstić information content (AvgIpc) is 2.56. The van der Waals surface area contributed by atoms with E-state index < -0.39 is 0 Å². The smallest absolute Gasteiger partial charge is 0.101 e. The molecule has 1 aromatic carbocycles. The van der Waals surface area contributed by atoms with Crippen LogP contribution < -0.4 is 10.2 Å². The molecule has 0 saturated carbocycles. The second kappa shape index (κ2) is 7.26. The van der Waals surface area contributed by atoms with Crippen molar-refractivity contribution in [2.24, 2.45) is 0 Å². The lowest BCUT2D eigenvalue weighted by atomic mass is 10.0. The van der Waals surface area contributed by atoms with E-state index in [-0.39, 0.29) is 6.10 Å². The molecule has 118 valence electrons. The van der Waals surface area contributed by atoms with Gasteiger partial charge in [0, 0.05) is 24.8 Å². The maximum Gasteiger partial charge on any atom is 0.101 e. The highest BCUT2D eigenvalue weighted by molar-refractivity contribution is 7.99. The van der Waals surface area contributed by atoms with E-state index in [0.717, 1.165) is 42.9 Å². The Morgan fingerprint density at radius 2 is 1.91 bits per heavy atom. The van der Waals surface area contributed by atoms with Crippen molar-refractivity contribution >= 4 is 23.1 Å². The third-order valence-corrected chi connectivity index (χ3v) is 5.56. The summed E-state index contributed by atoms with van der Waals surface area (Å²) in [5.74, 6) is 2.44. The third kappa shape index (κ3) is 3.68. The van der Waals surface area contributed by atoms with E-state index in [9.17, 15) is 10.4 Å². The summed E-state index contributed by atoms with van der Waals surface area (Å²) in [7, 11) is 0. The molecule has 0 unspecified atom stereocenters. The van der Waals surface area contributed by atoms with Gasteiger partial charge in [-0.15, -0.1) is 0 Å². The number of aliphatic hydroxyl groups excluding tert-OH is 1. The van der Waals surface area contributed by atoms with Crippen LogP contribution in [0.2, 0.25) is 0 Å². The molecule has 0 aliphatic carbocycles. The number of anilines is 2. The van der Waals surface area contributed by atoms with Crippen LogP contribution in [-0.4, -0.2) is 41.8 Å². The van der Waals surface area contributed by atoms with Gasteiger partial charge in [0.05, 0.1) is 17.4 Å². The monoisotopic (exact) mass is 317 g/mol. The van der Waals surface area contributed by atoms with E-state index in [0.29, 0.717) is 6.04 Å². The zero-order valence-electron chi connectivity index (χ0n) is 12.8. The van der Waals surface area contributed by atoms with Crippen molar-refractivity contribution < 1.29 is 5.11 Å². The Labute approximate surface area is 136 Å². The fourth-order valence-corrected chi connectivity index (χ4v) is 4.28. The Morgan fingerprint density at radius 1 is 1.18 bits per heavy atom. The zero-order chi connectivity index (χ0) is 15.4. The molecule has 0 aromatic heterocycles. The first-order chi connectivity index (χ1) is 10.8. The number of rotatable bonds is 3. The van der Waals surface area contributed by atoms with E-state index in [1.165, 1.54) is 24.3 Å². The molecule has 2 heterocycles. The average molecular weight is 317 g/mol. The van der Waals surface area contributed by atoms with Crippen molar-refractivity contribution in [2.45, 2.75) is 37.8 Å². The van der Waals surface area contributed by atoms with Gasteiger partial charge in [0.2, 0.25) is 0 Å². The molecule has 2 N–H and O–H groups in total. The van der Waals surface area contributed by atoms with Gasteiger partial charge >= 0.3 is 0 Å². The predicted molar refractivity (Wildman–Crippen MR) is 92.6 cm³/mol. The fraction of sp³-hybridized carbons (Fsp3) is 0.588. The molecule has 0 bridgehead atoms. The quantitative estimate of drug-likeness (QED) is 0.898. The Balaban J connectivity index is 1.71. The van der Waals surface area contributed by atoms with Crippen LogP contribution >= 0.6 is 11.8 Å². The highest BCUT2D eigenvalue weighted by Gasteiger charge is 2.20. The number of aliphatic hydroxyl groups is 1. The number of hydrogen-bond acceptors (Lipinski definition) is 5. The summed E-state index contributed by atoms with van der Waals surface area (Å²) in [5, 5.41) is 22.7. The second-order valence-corrected chi connectivity index (χ2v) is 7.32. The van der Waals surface area contributed by atoms with Crippen molar-refractivity contribution in [2.75, 3.05) is 34.8 Å². The second-order valence-electron chi connectivity index (χ2n) is 6.09. The highest BCUT2D eigenvalue weighted by Crippen LogP contribution is 2.28. The Hall–Kier alpha value is -1.38. The van der Waals surface area contributed by atoms with E-state index >= 15 is 0 Å². The van der Waals surface area contributed by atoms with E-state index in [1.807, 2.05) is 17.8 Å². The van der Waals surface area contributed by atoms with Gasteiger partial charge in [-0.05, 0) is 55.4 Å². The van der Waals surface area contributed by atoms with Crippen LogP contribution in [0.3, 0.4) is 0 Å². The number of hydrogen-bond donors (Lipinski definition) is 2. The molecule has 0 amide bonds. The Kier molecular flexibility index (Phi) is 5.12. The van der Waals surface area contributed by atoms with E-state index in [4.69, 9.17) is 0 Å². The molecule has 3 rings (SSSR count). The van der Waals surface area contributed by atoms with Crippen LogP contribution in [0.1, 0.15) is 31.2 Å². The van der Waals surface area contributed by atoms with Gasteiger partial charge in [0.15, 0.2) is 0 Å². The van der Waals surface area contributed by atoms with E-state index in [2.05, 4.69) is 28.4 Å². The minimum absolute atomic E-state index is 0.188. The van der Waals surface area contributed by atoms with Crippen LogP contribution in [-0.2, 0) is 0 Å². The third-order valence-electron chi connectivity index (χ3n) is 4.51. The van der Waals surface area contributed by atoms with Crippen molar-refractivity contribution in [3.05, 3.63) is 23.8 Å². The zero-order valence-corrected chi connectivity index (χ0v) is 13.6. The number of piperidine rings is 1. The van der Waals surface area contributed by atoms with Crippen LogP contribution in [0.4, 0.5) is 11.4 Å². The van der Waals surface area contributed by atoms with Gasteiger partial charge in [-0.1, -0.05) is 0 Å². The molecule has 5 heteroatoms. The largest absolute Gasteiger partial charge is 0.393 e. The maximum atomic E-state index is 9.62.